The SMILES string of the molecule is Cc1nnc(NC(=O)Cc2cc(-c3ccc4c(c3)CC(C)O4)on2)s1. The van der Waals surface area contributed by atoms with Crippen molar-refractivity contribution in [3.63, 3.8) is 0 Å². The molecule has 1 atom stereocenters. The molecule has 7 nitrogen and oxygen atoms in total. The average molecular weight is 356 g/mol. The van der Waals surface area contributed by atoms with Crippen LogP contribution >= 0.6 is 11.3 Å². The monoisotopic (exact) mass is 356 g/mol. The molecule has 2 aromatic heterocycles. The number of nitrogens with one attached hydrogen (secondary N) is 1. The molecule has 8 heteroatoms. The highest BCUT2D eigenvalue weighted by molar-refractivity contribution is 7.15. The van der Waals surface area contributed by atoms with Crippen LogP contribution in [0.1, 0.15) is 23.2 Å². The number of aromatic nitrogens is 3. The van der Waals surface area contributed by atoms with E-state index in [9.17, 15) is 4.79 Å². The summed E-state index contributed by atoms with van der Waals surface area (Å²) in [4.78, 5) is 12.1. The smallest absolute Gasteiger partial charge is 0.232 e. The Morgan fingerprint density at radius 3 is 3.04 bits per heavy atom. The van der Waals surface area contributed by atoms with Crippen LogP contribution in [0.15, 0.2) is 28.8 Å². The zero-order valence-corrected chi connectivity index (χ0v) is 14.6. The highest BCUT2D eigenvalue weighted by Crippen LogP contribution is 2.33. The number of benzene rings is 1. The van der Waals surface area contributed by atoms with Crippen LogP contribution in [0.4, 0.5) is 5.13 Å². The second-order valence-electron chi connectivity index (χ2n) is 5.99. The Morgan fingerprint density at radius 1 is 1.36 bits per heavy atom. The zero-order chi connectivity index (χ0) is 17.4. The lowest BCUT2D eigenvalue weighted by Gasteiger charge is -2.02. The van der Waals surface area contributed by atoms with Crippen LogP contribution in [0.5, 0.6) is 5.75 Å². The number of fused-ring (bicyclic) bond motifs is 1. The molecule has 0 saturated heterocycles. The van der Waals surface area contributed by atoms with Gasteiger partial charge in [0.25, 0.3) is 0 Å². The van der Waals surface area contributed by atoms with Gasteiger partial charge in [0.1, 0.15) is 16.9 Å². The molecule has 1 aromatic carbocycles. The van der Waals surface area contributed by atoms with Gasteiger partial charge < -0.3 is 14.6 Å². The summed E-state index contributed by atoms with van der Waals surface area (Å²) >= 11 is 1.33. The molecule has 0 bridgehead atoms. The third-order valence-corrected chi connectivity index (χ3v) is 4.61. The van der Waals surface area contributed by atoms with Gasteiger partial charge in [0.15, 0.2) is 5.76 Å². The van der Waals surface area contributed by atoms with Gasteiger partial charge in [-0.2, -0.15) is 0 Å². The van der Waals surface area contributed by atoms with Gasteiger partial charge in [0.05, 0.1) is 12.1 Å². The number of rotatable bonds is 4. The van der Waals surface area contributed by atoms with Gasteiger partial charge in [-0.15, -0.1) is 10.2 Å². The Balaban J connectivity index is 1.45. The van der Waals surface area contributed by atoms with Crippen molar-refractivity contribution in [3.05, 3.63) is 40.5 Å². The molecule has 1 amide bonds. The Bertz CT molecular complexity index is 934. The molecule has 1 aliphatic heterocycles. The lowest BCUT2D eigenvalue weighted by molar-refractivity contribution is -0.115. The van der Waals surface area contributed by atoms with Crippen molar-refractivity contribution in [1.29, 1.82) is 0 Å². The quantitative estimate of drug-likeness (QED) is 0.773. The van der Waals surface area contributed by atoms with Crippen LogP contribution in [-0.2, 0) is 17.6 Å². The third kappa shape index (κ3) is 3.39. The fraction of sp³-hybridized carbons (Fsp3) is 0.294. The highest BCUT2D eigenvalue weighted by atomic mass is 32.1. The molecule has 1 unspecified atom stereocenters. The Kier molecular flexibility index (Phi) is 3.96. The second-order valence-corrected chi connectivity index (χ2v) is 7.17. The van der Waals surface area contributed by atoms with E-state index in [4.69, 9.17) is 9.26 Å². The van der Waals surface area contributed by atoms with Gasteiger partial charge in [-0.25, -0.2) is 0 Å². The van der Waals surface area contributed by atoms with Crippen LogP contribution in [0.2, 0.25) is 0 Å². The van der Waals surface area contributed by atoms with Crippen LogP contribution in [0.25, 0.3) is 11.3 Å². The largest absolute Gasteiger partial charge is 0.490 e. The van der Waals surface area contributed by atoms with Gasteiger partial charge >= 0.3 is 0 Å². The van der Waals surface area contributed by atoms with Gasteiger partial charge in [-0.1, -0.05) is 16.5 Å². The summed E-state index contributed by atoms with van der Waals surface area (Å²) in [5.74, 6) is 1.35. The summed E-state index contributed by atoms with van der Waals surface area (Å²) in [5, 5.41) is 15.7. The minimum atomic E-state index is -0.202. The molecule has 1 N–H and O–H groups in total. The Morgan fingerprint density at radius 2 is 2.24 bits per heavy atom. The van der Waals surface area contributed by atoms with Crippen molar-refractivity contribution in [2.24, 2.45) is 0 Å². The summed E-state index contributed by atoms with van der Waals surface area (Å²) in [7, 11) is 0. The first kappa shape index (κ1) is 15.8. The first-order chi connectivity index (χ1) is 12.1. The Hall–Kier alpha value is -2.74. The first-order valence-corrected chi connectivity index (χ1v) is 8.74. The lowest BCUT2D eigenvalue weighted by Crippen LogP contribution is -2.14. The number of hydrogen-bond donors (Lipinski definition) is 1. The molecular weight excluding hydrogens is 340 g/mol. The summed E-state index contributed by atoms with van der Waals surface area (Å²) in [6.45, 7) is 3.88. The normalized spacial score (nSPS) is 15.7. The predicted octanol–water partition coefficient (Wildman–Crippen LogP) is 3.01. The number of amides is 1. The molecule has 3 aromatic rings. The summed E-state index contributed by atoms with van der Waals surface area (Å²) < 4.78 is 11.1. The molecule has 25 heavy (non-hydrogen) atoms. The minimum Gasteiger partial charge on any atom is -0.490 e. The molecule has 0 spiro atoms. The molecule has 128 valence electrons. The maximum Gasteiger partial charge on any atom is 0.232 e. The number of anilines is 1. The number of ether oxygens (including phenoxy) is 1. The van der Waals surface area contributed by atoms with E-state index in [0.717, 1.165) is 28.3 Å². The summed E-state index contributed by atoms with van der Waals surface area (Å²) in [6.07, 6.45) is 1.20. The van der Waals surface area contributed by atoms with Crippen LogP contribution in [0.3, 0.4) is 0 Å². The predicted molar refractivity (Wildman–Crippen MR) is 92.7 cm³/mol. The number of aryl methyl sites for hydroxylation is 1. The standard InChI is InChI=1S/C17H16N4O3S/c1-9-5-12-6-11(3-4-14(12)23-9)15-7-13(21-24-15)8-16(22)18-17-20-19-10(2)25-17/h3-4,6-7,9H,5,8H2,1-2H3,(H,18,20,22). The fourth-order valence-corrected chi connectivity index (χ4v) is 3.39. The van der Waals surface area contributed by atoms with Crippen molar-refractivity contribution in [2.75, 3.05) is 5.32 Å². The van der Waals surface area contributed by atoms with E-state index in [0.29, 0.717) is 16.6 Å². The third-order valence-electron chi connectivity index (χ3n) is 3.85. The molecule has 0 saturated carbocycles. The Labute approximate surface area is 148 Å². The van der Waals surface area contributed by atoms with Gasteiger partial charge in [0.2, 0.25) is 11.0 Å². The van der Waals surface area contributed by atoms with E-state index in [-0.39, 0.29) is 18.4 Å². The van der Waals surface area contributed by atoms with Crippen LogP contribution < -0.4 is 10.1 Å². The van der Waals surface area contributed by atoms with E-state index in [2.05, 4.69) is 20.7 Å². The first-order valence-electron chi connectivity index (χ1n) is 7.92. The van der Waals surface area contributed by atoms with E-state index in [1.54, 1.807) is 6.07 Å². The van der Waals surface area contributed by atoms with Crippen LogP contribution in [0, 0.1) is 6.92 Å². The maximum atomic E-state index is 12.1. The molecule has 0 aliphatic carbocycles. The second kappa shape index (κ2) is 6.29. The number of carbonyl (C=O) groups excluding carboxylic acids is 1. The van der Waals surface area contributed by atoms with Crippen molar-refractivity contribution >= 4 is 22.4 Å². The average Bonchev–Trinajstić information content (AvgIpc) is 3.26. The zero-order valence-electron chi connectivity index (χ0n) is 13.8. The van der Waals surface area contributed by atoms with E-state index >= 15 is 0 Å². The molecule has 0 radical (unpaired) electrons. The highest BCUT2D eigenvalue weighted by Gasteiger charge is 2.20. The number of nitrogens with zero attached hydrogens (tertiary/aromatic N) is 3. The van der Waals surface area contributed by atoms with Gasteiger partial charge in [-0.05, 0) is 37.6 Å². The molecule has 0 fully saturated rings. The topological polar surface area (TPSA) is 90.1 Å². The molecular formula is C17H16N4O3S. The minimum absolute atomic E-state index is 0.118. The number of hydrogen-bond acceptors (Lipinski definition) is 7. The van der Waals surface area contributed by atoms with E-state index in [1.807, 2.05) is 32.0 Å². The van der Waals surface area contributed by atoms with Gasteiger partial charge in [-0.3, -0.25) is 4.79 Å². The molecule has 3 heterocycles. The van der Waals surface area contributed by atoms with Gasteiger partial charge in [0, 0.05) is 18.1 Å². The van der Waals surface area contributed by atoms with Crippen LogP contribution in [-0.4, -0.2) is 27.4 Å². The van der Waals surface area contributed by atoms with E-state index in [1.165, 1.54) is 11.3 Å². The van der Waals surface area contributed by atoms with Crippen molar-refractivity contribution in [2.45, 2.75) is 32.8 Å². The molecule has 4 rings (SSSR count). The molecule has 1 aliphatic rings. The van der Waals surface area contributed by atoms with Crippen molar-refractivity contribution < 1.29 is 14.1 Å². The van der Waals surface area contributed by atoms with Crippen molar-refractivity contribution in [3.8, 4) is 17.1 Å². The summed E-state index contributed by atoms with van der Waals surface area (Å²) in [5.41, 5.74) is 2.65. The van der Waals surface area contributed by atoms with Crippen molar-refractivity contribution in [1.82, 2.24) is 15.4 Å². The summed E-state index contributed by atoms with van der Waals surface area (Å²) in [6, 6.07) is 7.71. The fourth-order valence-electron chi connectivity index (χ4n) is 2.78. The maximum absolute atomic E-state index is 12.1. The lowest BCUT2D eigenvalue weighted by atomic mass is 10.1. The van der Waals surface area contributed by atoms with E-state index < -0.39 is 0 Å². The number of carbonyl (C=O) groups is 1.